The summed E-state index contributed by atoms with van der Waals surface area (Å²) in [6.07, 6.45) is 5.04. The van der Waals surface area contributed by atoms with E-state index in [9.17, 15) is 19.5 Å². The SMILES string of the molecule is C=CCCOC(=O)[C@@H]1[C@@H]2CC(C)C3(S2)C(C(=O)N(CC=C)Cn2nnc4ccccc42)N([C@@H](CC)CO)C(=O)[C@H]13. The van der Waals surface area contributed by atoms with Crippen LogP contribution in [0, 0.1) is 17.8 Å². The van der Waals surface area contributed by atoms with E-state index < -0.39 is 34.6 Å². The first kappa shape index (κ1) is 28.4. The minimum atomic E-state index is -0.854. The molecule has 0 aliphatic carbocycles. The molecule has 214 valence electrons. The van der Waals surface area contributed by atoms with Gasteiger partial charge in [-0.05, 0) is 37.3 Å². The summed E-state index contributed by atoms with van der Waals surface area (Å²) < 4.78 is 6.43. The van der Waals surface area contributed by atoms with Crippen molar-refractivity contribution in [1.82, 2.24) is 24.8 Å². The minimum absolute atomic E-state index is 0.00149. The van der Waals surface area contributed by atoms with E-state index in [0.29, 0.717) is 24.8 Å². The molecule has 5 rings (SSSR count). The third-order valence-electron chi connectivity index (χ3n) is 8.72. The molecule has 1 N–H and O–H groups in total. The van der Waals surface area contributed by atoms with Crippen LogP contribution in [0.4, 0.5) is 0 Å². The zero-order valence-corrected chi connectivity index (χ0v) is 23.8. The number of aliphatic hydroxyl groups excluding tert-OH is 1. The number of fused-ring (bicyclic) bond motifs is 2. The van der Waals surface area contributed by atoms with Crippen LogP contribution < -0.4 is 0 Å². The number of aliphatic hydroxyl groups is 1. The summed E-state index contributed by atoms with van der Waals surface area (Å²) in [5.74, 6) is -2.23. The monoisotopic (exact) mass is 567 g/mol. The molecular weight excluding hydrogens is 530 g/mol. The van der Waals surface area contributed by atoms with Crippen LogP contribution in [0.25, 0.3) is 11.0 Å². The maximum Gasteiger partial charge on any atom is 0.310 e. The van der Waals surface area contributed by atoms with Gasteiger partial charge in [-0.2, -0.15) is 0 Å². The van der Waals surface area contributed by atoms with Crippen molar-refractivity contribution in [2.75, 3.05) is 19.8 Å². The molecule has 1 aromatic carbocycles. The maximum atomic E-state index is 14.6. The van der Waals surface area contributed by atoms with Crippen LogP contribution in [-0.2, 0) is 25.8 Å². The highest BCUT2D eigenvalue weighted by molar-refractivity contribution is 8.02. The Hall–Kier alpha value is -3.18. The molecule has 3 aliphatic rings. The second-order valence-corrected chi connectivity index (χ2v) is 12.4. The van der Waals surface area contributed by atoms with Crippen molar-refractivity contribution in [3.63, 3.8) is 0 Å². The molecule has 0 saturated carbocycles. The van der Waals surface area contributed by atoms with Crippen LogP contribution in [0.2, 0.25) is 0 Å². The molecule has 10 nitrogen and oxygen atoms in total. The number of rotatable bonds is 12. The molecular formula is C29H37N5O5S. The van der Waals surface area contributed by atoms with Gasteiger partial charge in [0.25, 0.3) is 0 Å². The lowest BCUT2D eigenvalue weighted by Gasteiger charge is -2.41. The molecule has 2 bridgehead atoms. The third kappa shape index (κ3) is 4.34. The van der Waals surface area contributed by atoms with E-state index in [1.165, 1.54) is 0 Å². The normalized spacial score (nSPS) is 29.4. The van der Waals surface area contributed by atoms with E-state index in [2.05, 4.69) is 30.4 Å². The number of aromatic nitrogens is 3. The number of esters is 1. The van der Waals surface area contributed by atoms with E-state index >= 15 is 0 Å². The molecule has 3 aliphatic heterocycles. The lowest BCUT2D eigenvalue weighted by atomic mass is 9.66. The van der Waals surface area contributed by atoms with Crippen molar-refractivity contribution >= 4 is 40.6 Å². The summed E-state index contributed by atoms with van der Waals surface area (Å²) >= 11 is 1.59. The average Bonchev–Trinajstić information content (AvgIpc) is 3.67. The average molecular weight is 568 g/mol. The molecule has 0 radical (unpaired) electrons. The number of nitrogens with zero attached hydrogens (tertiary/aromatic N) is 5. The summed E-state index contributed by atoms with van der Waals surface area (Å²) in [5.41, 5.74) is 1.50. The van der Waals surface area contributed by atoms with Crippen LogP contribution in [-0.4, -0.2) is 89.5 Å². The van der Waals surface area contributed by atoms with Gasteiger partial charge in [-0.1, -0.05) is 43.3 Å². The highest BCUT2D eigenvalue weighted by atomic mass is 32.2. The topological polar surface area (TPSA) is 118 Å². The first-order valence-electron chi connectivity index (χ1n) is 13.9. The number of hydrogen-bond acceptors (Lipinski definition) is 8. The fraction of sp³-hybridized carbons (Fsp3) is 0.552. The molecule has 3 fully saturated rings. The highest BCUT2D eigenvalue weighted by Crippen LogP contribution is 2.69. The Morgan fingerprint density at radius 3 is 2.80 bits per heavy atom. The zero-order chi connectivity index (χ0) is 28.6. The number of thioether (sulfide) groups is 1. The van der Waals surface area contributed by atoms with Crippen molar-refractivity contribution in [1.29, 1.82) is 0 Å². The van der Waals surface area contributed by atoms with Gasteiger partial charge in [0.2, 0.25) is 11.8 Å². The Morgan fingerprint density at radius 1 is 1.32 bits per heavy atom. The summed E-state index contributed by atoms with van der Waals surface area (Å²) in [5, 5.41) is 18.7. The quantitative estimate of drug-likeness (QED) is 0.236. The molecule has 3 saturated heterocycles. The molecule has 40 heavy (non-hydrogen) atoms. The van der Waals surface area contributed by atoms with E-state index in [0.717, 1.165) is 5.52 Å². The lowest BCUT2D eigenvalue weighted by Crippen LogP contribution is -2.59. The molecule has 2 amide bonds. The smallest absolute Gasteiger partial charge is 0.310 e. The summed E-state index contributed by atoms with van der Waals surface area (Å²) in [4.78, 5) is 45.5. The van der Waals surface area contributed by atoms with Crippen molar-refractivity contribution < 1.29 is 24.2 Å². The second kappa shape index (κ2) is 11.4. The molecule has 1 aromatic heterocycles. The summed E-state index contributed by atoms with van der Waals surface area (Å²) in [6.45, 7) is 11.8. The Kier molecular flexibility index (Phi) is 8.05. The van der Waals surface area contributed by atoms with Crippen LogP contribution in [0.15, 0.2) is 49.6 Å². The van der Waals surface area contributed by atoms with Gasteiger partial charge in [-0.3, -0.25) is 14.4 Å². The predicted molar refractivity (Wildman–Crippen MR) is 152 cm³/mol. The Morgan fingerprint density at radius 2 is 2.10 bits per heavy atom. The standard InChI is InChI=1S/C29H37N5O5S/c1-5-8-14-39-28(38)23-22-15-18(4)29(40-22)24(23)26(36)34(19(7-3)16-35)25(29)27(37)32(13-6-2)17-33-21-12-10-9-11-20(21)30-31-33/h5-6,9-12,18-19,22-25,35H,1-2,7-8,13-17H2,3-4H3/t18?,19-,22-,23+,24-,25?,29?/m0/s1. The van der Waals surface area contributed by atoms with Crippen LogP contribution in [0.1, 0.15) is 33.1 Å². The zero-order valence-electron chi connectivity index (χ0n) is 23.0. The molecule has 3 unspecified atom stereocenters. The predicted octanol–water partition coefficient (Wildman–Crippen LogP) is 2.63. The number of carbonyl (C=O) groups excluding carboxylic acids is 3. The van der Waals surface area contributed by atoms with Gasteiger partial charge in [-0.15, -0.1) is 30.0 Å². The van der Waals surface area contributed by atoms with Gasteiger partial charge in [0.1, 0.15) is 18.2 Å². The van der Waals surface area contributed by atoms with Crippen molar-refractivity contribution in [2.24, 2.45) is 17.8 Å². The number of hydrogen-bond donors (Lipinski definition) is 1. The molecule has 2 aromatic rings. The minimum Gasteiger partial charge on any atom is -0.465 e. The largest absolute Gasteiger partial charge is 0.465 e. The first-order valence-corrected chi connectivity index (χ1v) is 14.8. The van der Waals surface area contributed by atoms with Crippen molar-refractivity contribution in [3.8, 4) is 0 Å². The fourth-order valence-electron chi connectivity index (χ4n) is 6.88. The van der Waals surface area contributed by atoms with E-state index in [1.807, 2.05) is 31.2 Å². The summed E-state index contributed by atoms with van der Waals surface area (Å²) in [6, 6.07) is 6.11. The number of likely N-dealkylation sites (tertiary alicyclic amines) is 1. The van der Waals surface area contributed by atoms with Crippen LogP contribution in [0.3, 0.4) is 0 Å². The van der Waals surface area contributed by atoms with E-state index in [1.54, 1.807) is 38.4 Å². The molecule has 4 heterocycles. The number of para-hydroxylation sites is 1. The number of amides is 2. The number of ether oxygens (including phenoxy) is 1. The number of carbonyl (C=O) groups is 3. The third-order valence-corrected chi connectivity index (χ3v) is 10.8. The van der Waals surface area contributed by atoms with Gasteiger partial charge in [0.05, 0.1) is 41.4 Å². The second-order valence-electron chi connectivity index (χ2n) is 10.9. The van der Waals surface area contributed by atoms with Gasteiger partial charge in [0.15, 0.2) is 0 Å². The Balaban J connectivity index is 1.55. The van der Waals surface area contributed by atoms with Crippen molar-refractivity contribution in [3.05, 3.63) is 49.6 Å². The summed E-state index contributed by atoms with van der Waals surface area (Å²) in [7, 11) is 0. The van der Waals surface area contributed by atoms with Crippen molar-refractivity contribution in [2.45, 2.75) is 61.9 Å². The van der Waals surface area contributed by atoms with E-state index in [4.69, 9.17) is 4.74 Å². The Bertz CT molecular complexity index is 1310. The first-order chi connectivity index (χ1) is 19.3. The van der Waals surface area contributed by atoms with Gasteiger partial charge < -0.3 is 19.6 Å². The lowest BCUT2D eigenvalue weighted by molar-refractivity contribution is -0.155. The molecule has 11 heteroatoms. The van der Waals surface area contributed by atoms with Crippen LogP contribution in [0.5, 0.6) is 0 Å². The maximum absolute atomic E-state index is 14.6. The van der Waals surface area contributed by atoms with Gasteiger partial charge in [0, 0.05) is 11.8 Å². The fourth-order valence-corrected chi connectivity index (χ4v) is 9.27. The van der Waals surface area contributed by atoms with E-state index in [-0.39, 0.29) is 49.4 Å². The Labute approximate surface area is 238 Å². The van der Waals surface area contributed by atoms with Gasteiger partial charge >= 0.3 is 5.97 Å². The van der Waals surface area contributed by atoms with Crippen LogP contribution >= 0.6 is 11.8 Å². The number of benzene rings is 1. The molecule has 7 atom stereocenters. The van der Waals surface area contributed by atoms with Gasteiger partial charge in [-0.25, -0.2) is 4.68 Å². The molecule has 1 spiro atoms. The highest BCUT2D eigenvalue weighted by Gasteiger charge is 2.77.